The number of ether oxygens (including phenoxy) is 2. The van der Waals surface area contributed by atoms with E-state index < -0.39 is 17.9 Å². The number of hydrogen-bond acceptors (Lipinski definition) is 4. The molecule has 0 bridgehead atoms. The molecule has 1 aliphatic rings. The third-order valence-corrected chi connectivity index (χ3v) is 5.97. The topological polar surface area (TPSA) is 72.8 Å². The quantitative estimate of drug-likeness (QED) is 0.429. The monoisotopic (exact) mass is 458 g/mol. The van der Waals surface area contributed by atoms with Gasteiger partial charge in [0, 0.05) is 5.92 Å². The molecule has 0 aliphatic heterocycles. The van der Waals surface area contributed by atoms with Gasteiger partial charge in [-0.15, -0.1) is 0 Å². The molecule has 0 amide bonds. The number of carbonyl (C=O) groups is 2. The van der Waals surface area contributed by atoms with Crippen LogP contribution in [0.25, 0.3) is 11.1 Å². The second-order valence-corrected chi connectivity index (χ2v) is 9.71. The normalized spacial score (nSPS) is 13.6. The van der Waals surface area contributed by atoms with Gasteiger partial charge in [-0.25, -0.2) is 0 Å². The van der Waals surface area contributed by atoms with Gasteiger partial charge in [0.15, 0.2) is 0 Å². The van der Waals surface area contributed by atoms with Crippen LogP contribution in [0.2, 0.25) is 0 Å². The van der Waals surface area contributed by atoms with Crippen LogP contribution in [0.4, 0.5) is 0 Å². The fraction of sp³-hybridized carbons (Fsp3) is 0.310. The molecular weight excluding hydrogens is 428 g/mol. The number of benzene rings is 3. The predicted octanol–water partition coefficient (Wildman–Crippen LogP) is 5.85. The van der Waals surface area contributed by atoms with Crippen LogP contribution >= 0.6 is 0 Å². The van der Waals surface area contributed by atoms with Gasteiger partial charge >= 0.3 is 11.9 Å². The molecule has 34 heavy (non-hydrogen) atoms. The van der Waals surface area contributed by atoms with Gasteiger partial charge in [0.1, 0.15) is 18.0 Å². The fourth-order valence-electron chi connectivity index (χ4n) is 4.45. The summed E-state index contributed by atoms with van der Waals surface area (Å²) in [5.74, 6) is -1.69. The number of carboxylic acids is 1. The number of esters is 1. The molecule has 5 nitrogen and oxygen atoms in total. The number of carboxylic acid groups (broad SMARTS) is 1. The lowest BCUT2D eigenvalue weighted by molar-refractivity contribution is -0.151. The van der Waals surface area contributed by atoms with Crippen LogP contribution in [0.15, 0.2) is 72.8 Å². The van der Waals surface area contributed by atoms with Crippen molar-refractivity contribution in [3.63, 3.8) is 0 Å². The Morgan fingerprint density at radius 3 is 1.97 bits per heavy atom. The molecule has 1 N–H and O–H groups in total. The van der Waals surface area contributed by atoms with E-state index in [1.165, 1.54) is 0 Å². The Labute approximate surface area is 200 Å². The van der Waals surface area contributed by atoms with Crippen molar-refractivity contribution in [1.82, 2.24) is 0 Å². The Morgan fingerprint density at radius 1 is 0.882 bits per heavy atom. The van der Waals surface area contributed by atoms with Crippen molar-refractivity contribution in [2.45, 2.75) is 45.1 Å². The van der Waals surface area contributed by atoms with E-state index in [-0.39, 0.29) is 31.0 Å². The van der Waals surface area contributed by atoms with Crippen LogP contribution in [0, 0.1) is 5.92 Å². The molecule has 0 fully saturated rings. The van der Waals surface area contributed by atoms with E-state index >= 15 is 0 Å². The van der Waals surface area contributed by atoms with Crippen LogP contribution in [0.1, 0.15) is 49.8 Å². The van der Waals surface area contributed by atoms with E-state index in [0.717, 1.165) is 33.6 Å². The lowest BCUT2D eigenvalue weighted by Crippen LogP contribution is -2.23. The third kappa shape index (κ3) is 5.48. The number of carbonyl (C=O) groups excluding carboxylic acids is 1. The van der Waals surface area contributed by atoms with Gasteiger partial charge in [-0.3, -0.25) is 9.59 Å². The fourth-order valence-corrected chi connectivity index (χ4v) is 4.45. The smallest absolute Gasteiger partial charge is 0.307 e. The molecule has 176 valence electrons. The van der Waals surface area contributed by atoms with Crippen LogP contribution in [-0.4, -0.2) is 29.3 Å². The molecule has 0 spiro atoms. The van der Waals surface area contributed by atoms with E-state index in [9.17, 15) is 14.7 Å². The van der Waals surface area contributed by atoms with Crippen LogP contribution in [0.3, 0.4) is 0 Å². The van der Waals surface area contributed by atoms with E-state index in [1.807, 2.05) is 69.3 Å². The zero-order valence-corrected chi connectivity index (χ0v) is 19.8. The number of hydrogen-bond donors (Lipinski definition) is 1. The summed E-state index contributed by atoms with van der Waals surface area (Å²) in [7, 11) is 0. The lowest BCUT2D eigenvalue weighted by Gasteiger charge is -2.21. The Hall–Kier alpha value is -3.60. The molecular formula is C29H30O5. The van der Waals surface area contributed by atoms with E-state index in [4.69, 9.17) is 9.47 Å². The van der Waals surface area contributed by atoms with Gasteiger partial charge in [0.05, 0.1) is 12.3 Å². The molecule has 3 aromatic rings. The Bertz CT molecular complexity index is 1130. The Kier molecular flexibility index (Phi) is 6.73. The molecule has 0 saturated carbocycles. The Morgan fingerprint density at radius 2 is 1.44 bits per heavy atom. The summed E-state index contributed by atoms with van der Waals surface area (Å²) in [6.07, 6.45) is 0.0704. The number of rotatable bonds is 8. The van der Waals surface area contributed by atoms with Crippen molar-refractivity contribution in [2.75, 3.05) is 6.61 Å². The molecule has 1 atom stereocenters. The summed E-state index contributed by atoms with van der Waals surface area (Å²) in [5.41, 5.74) is 5.09. The minimum Gasteiger partial charge on any atom is -0.488 e. The highest BCUT2D eigenvalue weighted by molar-refractivity contribution is 5.80. The van der Waals surface area contributed by atoms with Crippen LogP contribution in [0.5, 0.6) is 5.75 Å². The highest BCUT2D eigenvalue weighted by Gasteiger charge is 2.30. The first-order valence-corrected chi connectivity index (χ1v) is 11.6. The van der Waals surface area contributed by atoms with Gasteiger partial charge in [-0.05, 0) is 67.1 Å². The van der Waals surface area contributed by atoms with Crippen LogP contribution < -0.4 is 4.74 Å². The molecule has 0 aromatic heterocycles. The van der Waals surface area contributed by atoms with Crippen molar-refractivity contribution in [3.05, 3.63) is 89.5 Å². The maximum atomic E-state index is 12.6. The zero-order chi connectivity index (χ0) is 24.3. The van der Waals surface area contributed by atoms with Crippen molar-refractivity contribution in [3.8, 4) is 16.9 Å². The second kappa shape index (κ2) is 9.72. The maximum absolute atomic E-state index is 12.6. The van der Waals surface area contributed by atoms with Crippen LogP contribution in [-0.2, 0) is 20.7 Å². The standard InChI is InChI=1S/C29H30O5/c1-29(2,3)34-21-14-12-19(13-15-21)16-20(28(31)32)17-27(30)33-18-26-24-10-6-4-8-22(24)23-9-5-7-11-25(23)26/h4-15,20,26H,16-18H2,1-3H3,(H,31,32). The minimum absolute atomic E-state index is 0.0463. The summed E-state index contributed by atoms with van der Waals surface area (Å²) in [6, 6.07) is 23.6. The summed E-state index contributed by atoms with van der Waals surface area (Å²) in [4.78, 5) is 24.5. The first kappa shape index (κ1) is 23.6. The van der Waals surface area contributed by atoms with Gasteiger partial charge in [-0.2, -0.15) is 0 Å². The number of fused-ring (bicyclic) bond motifs is 3. The van der Waals surface area contributed by atoms with Gasteiger partial charge in [0.25, 0.3) is 0 Å². The summed E-state index contributed by atoms with van der Waals surface area (Å²) >= 11 is 0. The molecule has 3 aromatic carbocycles. The van der Waals surface area contributed by atoms with Crippen molar-refractivity contribution < 1.29 is 24.2 Å². The zero-order valence-electron chi connectivity index (χ0n) is 19.8. The lowest BCUT2D eigenvalue weighted by atomic mass is 9.96. The van der Waals surface area contributed by atoms with Gasteiger partial charge in [0.2, 0.25) is 0 Å². The molecule has 0 heterocycles. The average molecular weight is 459 g/mol. The minimum atomic E-state index is -1.01. The maximum Gasteiger partial charge on any atom is 0.307 e. The molecule has 0 saturated heterocycles. The molecule has 4 rings (SSSR count). The van der Waals surface area contributed by atoms with E-state index in [2.05, 4.69) is 24.3 Å². The highest BCUT2D eigenvalue weighted by atomic mass is 16.5. The predicted molar refractivity (Wildman–Crippen MR) is 131 cm³/mol. The largest absolute Gasteiger partial charge is 0.488 e. The van der Waals surface area contributed by atoms with Gasteiger partial charge < -0.3 is 14.6 Å². The van der Waals surface area contributed by atoms with Gasteiger partial charge in [-0.1, -0.05) is 60.7 Å². The second-order valence-electron chi connectivity index (χ2n) is 9.71. The molecule has 0 radical (unpaired) electrons. The van der Waals surface area contributed by atoms with E-state index in [1.54, 1.807) is 0 Å². The third-order valence-electron chi connectivity index (χ3n) is 5.97. The SMILES string of the molecule is CC(C)(C)Oc1ccc(CC(CC(=O)OCC2c3ccccc3-c3ccccc32)C(=O)O)cc1. The summed E-state index contributed by atoms with van der Waals surface area (Å²) in [6.45, 7) is 6.10. The van der Waals surface area contributed by atoms with Crippen molar-refractivity contribution in [1.29, 1.82) is 0 Å². The van der Waals surface area contributed by atoms with E-state index in [0.29, 0.717) is 0 Å². The average Bonchev–Trinajstić information content (AvgIpc) is 3.11. The summed E-state index contributed by atoms with van der Waals surface area (Å²) < 4.78 is 11.4. The first-order valence-electron chi connectivity index (χ1n) is 11.6. The van der Waals surface area contributed by atoms with Crippen molar-refractivity contribution in [2.24, 2.45) is 5.92 Å². The summed E-state index contributed by atoms with van der Waals surface area (Å²) in [5, 5.41) is 9.70. The number of aliphatic carboxylic acids is 1. The highest BCUT2D eigenvalue weighted by Crippen LogP contribution is 2.44. The Balaban J connectivity index is 1.38. The molecule has 1 aliphatic carbocycles. The molecule has 5 heteroatoms. The first-order chi connectivity index (χ1) is 16.2. The molecule has 1 unspecified atom stereocenters. The van der Waals surface area contributed by atoms with Crippen molar-refractivity contribution >= 4 is 11.9 Å².